The summed E-state index contributed by atoms with van der Waals surface area (Å²) in [4.78, 5) is 15.5. The van der Waals surface area contributed by atoms with Gasteiger partial charge in [0.15, 0.2) is 0 Å². The maximum atomic E-state index is 4.74. The van der Waals surface area contributed by atoms with E-state index in [9.17, 15) is 0 Å². The minimum atomic E-state index is -0.0748. The van der Waals surface area contributed by atoms with Gasteiger partial charge in [0.05, 0.1) is 0 Å². The molecule has 0 aliphatic rings. The second-order valence-corrected chi connectivity index (χ2v) is 6.80. The third-order valence-electron chi connectivity index (χ3n) is 3.18. The smallest absolute Gasteiger partial charge is 0.137 e. The van der Waals surface area contributed by atoms with E-state index < -0.39 is 0 Å². The number of hydrogen-bond donors (Lipinski definition) is 0. The molecule has 0 spiro atoms. The molecule has 0 fully saturated rings. The molecule has 112 valence electrons. The van der Waals surface area contributed by atoms with Crippen LogP contribution in [0.3, 0.4) is 0 Å². The molecule has 0 bridgehead atoms. The number of anilines is 1. The molecule has 2 aromatic heterocycles. The minimum absolute atomic E-state index is 0.0748. The molecular weight excluding hydrogens is 328 g/mol. The monoisotopic (exact) mass is 348 g/mol. The summed E-state index contributed by atoms with van der Waals surface area (Å²) in [6.45, 7) is 10.2. The fourth-order valence-corrected chi connectivity index (χ4v) is 2.34. The topological polar surface area (TPSA) is 41.9 Å². The van der Waals surface area contributed by atoms with Crippen molar-refractivity contribution in [2.75, 3.05) is 11.4 Å². The highest BCUT2D eigenvalue weighted by atomic mass is 79.9. The van der Waals surface area contributed by atoms with Gasteiger partial charge < -0.3 is 4.90 Å². The van der Waals surface area contributed by atoms with Crippen molar-refractivity contribution in [1.29, 1.82) is 0 Å². The van der Waals surface area contributed by atoms with Gasteiger partial charge in [0.1, 0.15) is 16.2 Å². The lowest BCUT2D eigenvalue weighted by Gasteiger charge is -2.25. The Morgan fingerprint density at radius 3 is 2.38 bits per heavy atom. The molecule has 2 rings (SSSR count). The van der Waals surface area contributed by atoms with E-state index in [1.54, 1.807) is 0 Å². The molecule has 0 aliphatic carbocycles. The van der Waals surface area contributed by atoms with Crippen LogP contribution in [0, 0.1) is 0 Å². The molecule has 0 aliphatic heterocycles. The zero-order chi connectivity index (χ0) is 15.5. The van der Waals surface area contributed by atoms with Crippen LogP contribution < -0.4 is 4.90 Å². The number of pyridine rings is 1. The van der Waals surface area contributed by atoms with Crippen LogP contribution in [0.4, 0.5) is 5.82 Å². The normalized spacial score (nSPS) is 11.5. The quantitative estimate of drug-likeness (QED) is 0.784. The summed E-state index contributed by atoms with van der Waals surface area (Å²) in [7, 11) is 0. The lowest BCUT2D eigenvalue weighted by molar-refractivity contribution is 0.542. The van der Waals surface area contributed by atoms with Gasteiger partial charge in [0.25, 0.3) is 0 Å². The van der Waals surface area contributed by atoms with Gasteiger partial charge >= 0.3 is 0 Å². The Bertz CT molecular complexity index is 593. The van der Waals surface area contributed by atoms with Crippen LogP contribution >= 0.6 is 15.9 Å². The van der Waals surface area contributed by atoms with Crippen LogP contribution in [-0.4, -0.2) is 21.5 Å². The first-order valence-corrected chi connectivity index (χ1v) is 7.88. The summed E-state index contributed by atoms with van der Waals surface area (Å²) in [5, 5.41) is 0. The van der Waals surface area contributed by atoms with Gasteiger partial charge in [-0.3, -0.25) is 4.98 Å². The first kappa shape index (κ1) is 15.9. The van der Waals surface area contributed by atoms with Crippen LogP contribution in [0.1, 0.15) is 39.1 Å². The molecule has 0 aromatic carbocycles. The molecule has 0 unspecified atom stereocenters. The maximum absolute atomic E-state index is 4.74. The molecule has 0 radical (unpaired) electrons. The van der Waals surface area contributed by atoms with Gasteiger partial charge in [-0.05, 0) is 40.5 Å². The molecule has 0 amide bonds. The average Bonchev–Trinajstić information content (AvgIpc) is 2.44. The minimum Gasteiger partial charge on any atom is -0.352 e. The van der Waals surface area contributed by atoms with E-state index in [4.69, 9.17) is 4.98 Å². The van der Waals surface area contributed by atoms with Crippen molar-refractivity contribution in [3.05, 3.63) is 46.6 Å². The molecule has 4 nitrogen and oxygen atoms in total. The molecule has 0 saturated heterocycles. The summed E-state index contributed by atoms with van der Waals surface area (Å²) in [6, 6.07) is 6.03. The Kier molecular flexibility index (Phi) is 4.93. The molecule has 21 heavy (non-hydrogen) atoms. The highest BCUT2D eigenvalue weighted by Gasteiger charge is 2.20. The predicted molar refractivity (Wildman–Crippen MR) is 89.4 cm³/mol. The van der Waals surface area contributed by atoms with Crippen molar-refractivity contribution in [3.63, 3.8) is 0 Å². The largest absolute Gasteiger partial charge is 0.352 e. The molecule has 0 N–H and O–H groups in total. The Morgan fingerprint density at radius 2 is 1.81 bits per heavy atom. The summed E-state index contributed by atoms with van der Waals surface area (Å²) in [5.41, 5.74) is 1.15. The van der Waals surface area contributed by atoms with E-state index in [0.29, 0.717) is 0 Å². The van der Waals surface area contributed by atoms with E-state index in [0.717, 1.165) is 29.3 Å². The van der Waals surface area contributed by atoms with Crippen molar-refractivity contribution in [3.8, 4) is 0 Å². The van der Waals surface area contributed by atoms with Crippen molar-refractivity contribution in [2.24, 2.45) is 0 Å². The maximum Gasteiger partial charge on any atom is 0.137 e. The molecule has 0 atom stereocenters. The Labute approximate surface area is 134 Å². The number of hydrogen-bond acceptors (Lipinski definition) is 4. The molecule has 2 heterocycles. The SMILES string of the molecule is CCN(Cc1ccncc1)c1cc(Br)nc(C(C)(C)C)n1. The van der Waals surface area contributed by atoms with Gasteiger partial charge in [-0.1, -0.05) is 20.8 Å². The predicted octanol–water partition coefficient (Wildman–Crippen LogP) is 3.96. The molecular formula is C16H21BrN4. The van der Waals surface area contributed by atoms with Gasteiger partial charge in [0, 0.05) is 37.0 Å². The second-order valence-electron chi connectivity index (χ2n) is 5.99. The fraction of sp³-hybridized carbons (Fsp3) is 0.438. The van der Waals surface area contributed by atoms with Crippen molar-refractivity contribution >= 4 is 21.7 Å². The summed E-state index contributed by atoms with van der Waals surface area (Å²) in [6.07, 6.45) is 3.64. The van der Waals surface area contributed by atoms with Gasteiger partial charge in [-0.15, -0.1) is 0 Å². The number of halogens is 1. The van der Waals surface area contributed by atoms with E-state index in [-0.39, 0.29) is 5.41 Å². The van der Waals surface area contributed by atoms with Crippen LogP contribution in [-0.2, 0) is 12.0 Å². The molecule has 0 saturated carbocycles. The first-order valence-electron chi connectivity index (χ1n) is 7.09. The van der Waals surface area contributed by atoms with Crippen LogP contribution in [0.2, 0.25) is 0 Å². The van der Waals surface area contributed by atoms with Gasteiger partial charge in [0.2, 0.25) is 0 Å². The Morgan fingerprint density at radius 1 is 1.14 bits per heavy atom. The standard InChI is InChI=1S/C16H21BrN4/c1-5-21(11-12-6-8-18-9-7-12)14-10-13(17)19-15(20-14)16(2,3)4/h6-10H,5,11H2,1-4H3. The lowest BCUT2D eigenvalue weighted by Crippen LogP contribution is -2.25. The van der Waals surface area contributed by atoms with Crippen molar-refractivity contribution in [2.45, 2.75) is 39.7 Å². The van der Waals surface area contributed by atoms with Gasteiger partial charge in [-0.2, -0.15) is 0 Å². The average molecular weight is 349 g/mol. The van der Waals surface area contributed by atoms with Crippen LogP contribution in [0.25, 0.3) is 0 Å². The van der Waals surface area contributed by atoms with Crippen molar-refractivity contribution in [1.82, 2.24) is 15.0 Å². The third-order valence-corrected chi connectivity index (χ3v) is 3.59. The highest BCUT2D eigenvalue weighted by molar-refractivity contribution is 9.10. The molecule has 5 heteroatoms. The number of aromatic nitrogens is 3. The lowest BCUT2D eigenvalue weighted by atomic mass is 9.96. The second kappa shape index (κ2) is 6.52. The Balaban J connectivity index is 2.32. The van der Waals surface area contributed by atoms with Crippen LogP contribution in [0.15, 0.2) is 35.2 Å². The highest BCUT2D eigenvalue weighted by Crippen LogP contribution is 2.25. The summed E-state index contributed by atoms with van der Waals surface area (Å²) < 4.78 is 0.825. The van der Waals surface area contributed by atoms with E-state index in [2.05, 4.69) is 58.5 Å². The van der Waals surface area contributed by atoms with Crippen molar-refractivity contribution < 1.29 is 0 Å². The summed E-state index contributed by atoms with van der Waals surface area (Å²) >= 11 is 3.50. The number of rotatable bonds is 4. The molecule has 2 aromatic rings. The zero-order valence-electron chi connectivity index (χ0n) is 13.0. The van der Waals surface area contributed by atoms with E-state index >= 15 is 0 Å². The van der Waals surface area contributed by atoms with E-state index in [1.165, 1.54) is 5.56 Å². The Hall–Kier alpha value is -1.49. The van der Waals surface area contributed by atoms with E-state index in [1.807, 2.05) is 30.6 Å². The zero-order valence-corrected chi connectivity index (χ0v) is 14.6. The third kappa shape index (κ3) is 4.24. The first-order chi connectivity index (χ1) is 9.90. The van der Waals surface area contributed by atoms with Crippen LogP contribution in [0.5, 0.6) is 0 Å². The fourth-order valence-electron chi connectivity index (χ4n) is 1.97. The number of nitrogens with zero attached hydrogens (tertiary/aromatic N) is 4. The van der Waals surface area contributed by atoms with Gasteiger partial charge in [-0.25, -0.2) is 9.97 Å². The summed E-state index contributed by atoms with van der Waals surface area (Å²) in [5.74, 6) is 1.79.